The van der Waals surface area contributed by atoms with Crippen molar-refractivity contribution in [1.82, 2.24) is 0 Å². The molecule has 0 spiro atoms. The molecule has 4 nitrogen and oxygen atoms in total. The van der Waals surface area contributed by atoms with Gasteiger partial charge >= 0.3 is 0 Å². The van der Waals surface area contributed by atoms with Crippen LogP contribution in [0.5, 0.6) is 0 Å². The molecule has 0 amide bonds. The van der Waals surface area contributed by atoms with Crippen molar-refractivity contribution in [3.63, 3.8) is 0 Å². The van der Waals surface area contributed by atoms with E-state index in [2.05, 4.69) is 30.8 Å². The predicted octanol–water partition coefficient (Wildman–Crippen LogP) is 2.28. The molecule has 0 radical (unpaired) electrons. The van der Waals surface area contributed by atoms with E-state index in [0.29, 0.717) is 5.92 Å². The zero-order valence-electron chi connectivity index (χ0n) is 10.9. The quantitative estimate of drug-likeness (QED) is 0.741. The Morgan fingerprint density at radius 1 is 1.12 bits per heavy atom. The van der Waals surface area contributed by atoms with Crippen LogP contribution in [-0.2, 0) is 9.47 Å². The molecule has 4 heteroatoms. The molecule has 0 aromatic rings. The molecule has 0 aromatic heterocycles. The number of rotatable bonds is 3. The summed E-state index contributed by atoms with van der Waals surface area (Å²) in [7, 11) is 3.32. The Morgan fingerprint density at radius 2 is 1.75 bits per heavy atom. The number of nitrogens with zero attached hydrogens (tertiary/aromatic N) is 2. The Bertz CT molecular complexity index is 285. The molecule has 1 aliphatic rings. The fourth-order valence-electron chi connectivity index (χ4n) is 1.82. The molecule has 16 heavy (non-hydrogen) atoms. The van der Waals surface area contributed by atoms with Crippen LogP contribution in [0.1, 0.15) is 33.6 Å². The third-order valence-corrected chi connectivity index (χ3v) is 2.70. The average molecular weight is 226 g/mol. The van der Waals surface area contributed by atoms with Crippen LogP contribution in [0.4, 0.5) is 0 Å². The first-order valence-electron chi connectivity index (χ1n) is 5.87. The summed E-state index contributed by atoms with van der Waals surface area (Å²) in [5, 5.41) is 0. The zero-order chi connectivity index (χ0) is 12.1. The molecule has 1 rings (SSSR count). The van der Waals surface area contributed by atoms with Crippen LogP contribution in [-0.4, -0.2) is 38.1 Å². The van der Waals surface area contributed by atoms with Gasteiger partial charge in [-0.05, 0) is 12.3 Å². The molecule has 92 valence electrons. The lowest BCUT2D eigenvalue weighted by Crippen LogP contribution is -2.37. The Kier molecular flexibility index (Phi) is 4.77. The molecule has 1 aliphatic heterocycles. The standard InChI is InChI=1S/C12H22N2O2/c1-6-7-9-11(15-4)14-10(8(2)3)12(13-9)16-5/h8-10H,6-7H2,1-5H3/t9-,10+/m0/s1. The molecule has 0 unspecified atom stereocenters. The molecule has 0 saturated carbocycles. The molecule has 0 saturated heterocycles. The van der Waals surface area contributed by atoms with E-state index in [9.17, 15) is 0 Å². The highest BCUT2D eigenvalue weighted by Crippen LogP contribution is 2.19. The lowest BCUT2D eigenvalue weighted by Gasteiger charge is -2.26. The van der Waals surface area contributed by atoms with Gasteiger partial charge in [0.15, 0.2) is 0 Å². The van der Waals surface area contributed by atoms with Crippen molar-refractivity contribution >= 4 is 11.8 Å². The third kappa shape index (κ3) is 2.74. The second-order valence-corrected chi connectivity index (χ2v) is 4.34. The van der Waals surface area contributed by atoms with Crippen LogP contribution in [0.25, 0.3) is 0 Å². The summed E-state index contributed by atoms with van der Waals surface area (Å²) in [6, 6.07) is 0.0213. The summed E-state index contributed by atoms with van der Waals surface area (Å²) in [5.74, 6) is 1.84. The van der Waals surface area contributed by atoms with Gasteiger partial charge in [0, 0.05) is 0 Å². The largest absolute Gasteiger partial charge is 0.483 e. The maximum atomic E-state index is 5.32. The molecule has 0 N–H and O–H groups in total. The van der Waals surface area contributed by atoms with Crippen LogP contribution in [0, 0.1) is 5.92 Å². The number of hydrogen-bond donors (Lipinski definition) is 0. The molecule has 0 bridgehead atoms. The van der Waals surface area contributed by atoms with E-state index in [4.69, 9.17) is 9.47 Å². The second-order valence-electron chi connectivity index (χ2n) is 4.34. The molecule has 2 atom stereocenters. The molecule has 0 fully saturated rings. The fourth-order valence-corrected chi connectivity index (χ4v) is 1.82. The van der Waals surface area contributed by atoms with Gasteiger partial charge in [-0.25, -0.2) is 9.98 Å². The summed E-state index contributed by atoms with van der Waals surface area (Å²) in [4.78, 5) is 9.17. The lowest BCUT2D eigenvalue weighted by molar-refractivity contribution is 0.330. The van der Waals surface area contributed by atoms with E-state index in [1.807, 2.05) is 0 Å². The number of hydrogen-bond acceptors (Lipinski definition) is 4. The summed E-state index contributed by atoms with van der Waals surface area (Å²) >= 11 is 0. The minimum atomic E-state index is -0.00643. The van der Waals surface area contributed by atoms with Gasteiger partial charge in [0.25, 0.3) is 0 Å². The van der Waals surface area contributed by atoms with Gasteiger partial charge in [0.2, 0.25) is 11.8 Å². The van der Waals surface area contributed by atoms with Gasteiger partial charge in [0.1, 0.15) is 12.1 Å². The van der Waals surface area contributed by atoms with Crippen molar-refractivity contribution in [2.75, 3.05) is 14.2 Å². The second kappa shape index (κ2) is 5.87. The van der Waals surface area contributed by atoms with E-state index >= 15 is 0 Å². The normalized spacial score (nSPS) is 25.1. The summed E-state index contributed by atoms with van der Waals surface area (Å²) in [5.41, 5.74) is 0. The van der Waals surface area contributed by atoms with Crippen molar-refractivity contribution < 1.29 is 9.47 Å². The van der Waals surface area contributed by atoms with Crippen molar-refractivity contribution in [3.05, 3.63) is 0 Å². The van der Waals surface area contributed by atoms with Gasteiger partial charge in [-0.2, -0.15) is 0 Å². The summed E-state index contributed by atoms with van der Waals surface area (Å²) in [6.45, 7) is 6.34. The number of methoxy groups -OCH3 is 2. The first kappa shape index (κ1) is 13.0. The minimum Gasteiger partial charge on any atom is -0.483 e. The highest BCUT2D eigenvalue weighted by molar-refractivity contribution is 5.94. The predicted molar refractivity (Wildman–Crippen MR) is 66.2 cm³/mol. The lowest BCUT2D eigenvalue weighted by atomic mass is 10.0. The molecule has 1 heterocycles. The minimum absolute atomic E-state index is 0.00643. The van der Waals surface area contributed by atoms with Gasteiger partial charge in [-0.15, -0.1) is 0 Å². The van der Waals surface area contributed by atoms with E-state index in [0.717, 1.165) is 24.6 Å². The van der Waals surface area contributed by atoms with Gasteiger partial charge in [0.05, 0.1) is 14.2 Å². The van der Waals surface area contributed by atoms with Crippen LogP contribution in [0.15, 0.2) is 9.98 Å². The van der Waals surface area contributed by atoms with Gasteiger partial charge < -0.3 is 9.47 Å². The van der Waals surface area contributed by atoms with Crippen LogP contribution >= 0.6 is 0 Å². The van der Waals surface area contributed by atoms with Gasteiger partial charge in [-0.3, -0.25) is 0 Å². The maximum absolute atomic E-state index is 5.32. The number of aliphatic imine (C=N–C) groups is 2. The van der Waals surface area contributed by atoms with Gasteiger partial charge in [-0.1, -0.05) is 27.2 Å². The molecular weight excluding hydrogens is 204 g/mol. The van der Waals surface area contributed by atoms with Crippen molar-refractivity contribution in [3.8, 4) is 0 Å². The van der Waals surface area contributed by atoms with Crippen LogP contribution < -0.4 is 0 Å². The zero-order valence-corrected chi connectivity index (χ0v) is 10.9. The highest BCUT2D eigenvalue weighted by atomic mass is 16.5. The monoisotopic (exact) mass is 226 g/mol. The van der Waals surface area contributed by atoms with E-state index < -0.39 is 0 Å². The first-order valence-corrected chi connectivity index (χ1v) is 5.87. The van der Waals surface area contributed by atoms with E-state index in [1.54, 1.807) is 14.2 Å². The highest BCUT2D eigenvalue weighted by Gasteiger charge is 2.30. The van der Waals surface area contributed by atoms with Crippen molar-refractivity contribution in [2.45, 2.75) is 45.7 Å². The third-order valence-electron chi connectivity index (χ3n) is 2.70. The van der Waals surface area contributed by atoms with Crippen molar-refractivity contribution in [1.29, 1.82) is 0 Å². The topological polar surface area (TPSA) is 43.2 Å². The Hall–Kier alpha value is -1.06. The molecule has 0 aromatic carbocycles. The van der Waals surface area contributed by atoms with E-state index in [1.165, 1.54) is 0 Å². The van der Waals surface area contributed by atoms with Crippen molar-refractivity contribution in [2.24, 2.45) is 15.9 Å². The van der Waals surface area contributed by atoms with Crippen LogP contribution in [0.2, 0.25) is 0 Å². The fraction of sp³-hybridized carbons (Fsp3) is 0.833. The maximum Gasteiger partial charge on any atom is 0.209 e. The Balaban J connectivity index is 2.92. The van der Waals surface area contributed by atoms with E-state index in [-0.39, 0.29) is 12.1 Å². The smallest absolute Gasteiger partial charge is 0.209 e. The average Bonchev–Trinajstić information content (AvgIpc) is 2.28. The van der Waals surface area contributed by atoms with Crippen LogP contribution in [0.3, 0.4) is 0 Å². The number of ether oxygens (including phenoxy) is 2. The Morgan fingerprint density at radius 3 is 2.19 bits per heavy atom. The molecular formula is C12H22N2O2. The SMILES string of the molecule is CCC[C@@H]1N=C(OC)[C@@H](C(C)C)N=C1OC. The first-order chi connectivity index (χ1) is 7.63. The summed E-state index contributed by atoms with van der Waals surface area (Å²) < 4.78 is 10.6. The Labute approximate surface area is 97.8 Å². The summed E-state index contributed by atoms with van der Waals surface area (Å²) in [6.07, 6.45) is 2.00. The molecule has 0 aliphatic carbocycles.